The van der Waals surface area contributed by atoms with Crippen molar-refractivity contribution in [3.8, 4) is 22.9 Å². The molecule has 158 valence electrons. The molecule has 0 bridgehead atoms. The molecule has 0 aliphatic carbocycles. The van der Waals surface area contributed by atoms with Gasteiger partial charge >= 0.3 is 0 Å². The summed E-state index contributed by atoms with van der Waals surface area (Å²) < 4.78 is 11.0. The van der Waals surface area contributed by atoms with E-state index in [9.17, 15) is 4.79 Å². The Hall–Kier alpha value is -4.01. The second-order valence-corrected chi connectivity index (χ2v) is 6.68. The third-order valence-electron chi connectivity index (χ3n) is 4.67. The number of carbonyl (C=O) groups is 1. The number of nitrogens with one attached hydrogen (secondary N) is 2. The number of benzene rings is 1. The Kier molecular flexibility index (Phi) is 6.02. The summed E-state index contributed by atoms with van der Waals surface area (Å²) in [6.45, 7) is 2.88. The number of carbonyl (C=O) groups excluding carboxylic acids is 1. The van der Waals surface area contributed by atoms with Crippen LogP contribution >= 0.6 is 0 Å². The summed E-state index contributed by atoms with van der Waals surface area (Å²) in [7, 11) is 1.57. The van der Waals surface area contributed by atoms with E-state index in [4.69, 9.17) is 14.5 Å². The molecule has 4 aromatic rings. The first-order valence-electron chi connectivity index (χ1n) is 9.88. The number of hydrogen-bond acceptors (Lipinski definition) is 7. The fourth-order valence-electron chi connectivity index (χ4n) is 3.16. The smallest absolute Gasteiger partial charge is 0.251 e. The second-order valence-electron chi connectivity index (χ2n) is 6.68. The lowest BCUT2D eigenvalue weighted by molar-refractivity contribution is 0.0954. The van der Waals surface area contributed by atoms with Crippen LogP contribution in [0.4, 0.5) is 0 Å². The molecule has 3 heterocycles. The predicted molar refractivity (Wildman–Crippen MR) is 115 cm³/mol. The van der Waals surface area contributed by atoms with Crippen molar-refractivity contribution >= 4 is 16.8 Å². The lowest BCUT2D eigenvalue weighted by Gasteiger charge is -2.12. The number of pyridine rings is 2. The lowest BCUT2D eigenvalue weighted by Crippen LogP contribution is -2.25. The van der Waals surface area contributed by atoms with E-state index in [0.717, 1.165) is 10.9 Å². The highest BCUT2D eigenvalue weighted by Gasteiger charge is 2.13. The van der Waals surface area contributed by atoms with Gasteiger partial charge in [-0.05, 0) is 31.2 Å². The topological polar surface area (TPSA) is 115 Å². The van der Waals surface area contributed by atoms with Crippen LogP contribution in [0.25, 0.3) is 22.2 Å². The van der Waals surface area contributed by atoms with Crippen LogP contribution in [0.1, 0.15) is 23.1 Å². The van der Waals surface area contributed by atoms with E-state index >= 15 is 0 Å². The molecule has 4 rings (SSSR count). The van der Waals surface area contributed by atoms with E-state index in [2.05, 4.69) is 25.5 Å². The van der Waals surface area contributed by atoms with Gasteiger partial charge in [0.05, 0.1) is 24.9 Å². The van der Waals surface area contributed by atoms with Crippen LogP contribution in [-0.4, -0.2) is 51.3 Å². The number of fused-ring (bicyclic) bond motifs is 1. The maximum atomic E-state index is 12.6. The van der Waals surface area contributed by atoms with E-state index in [1.807, 2.05) is 25.1 Å². The first kappa shape index (κ1) is 20.3. The molecule has 1 aromatic carbocycles. The molecule has 2 N–H and O–H groups in total. The van der Waals surface area contributed by atoms with Crippen LogP contribution in [0.15, 0.2) is 48.9 Å². The summed E-state index contributed by atoms with van der Waals surface area (Å²) in [6, 6.07) is 10.9. The molecular formula is C22H22N6O3. The van der Waals surface area contributed by atoms with Crippen LogP contribution in [0.2, 0.25) is 0 Å². The van der Waals surface area contributed by atoms with Crippen molar-refractivity contribution in [3.63, 3.8) is 0 Å². The molecule has 0 fully saturated rings. The molecule has 0 spiro atoms. The second kappa shape index (κ2) is 9.21. The fraction of sp³-hybridized carbons (Fsp3) is 0.227. The van der Waals surface area contributed by atoms with E-state index in [0.29, 0.717) is 53.8 Å². The summed E-state index contributed by atoms with van der Waals surface area (Å²) in [5, 5.41) is 10.4. The van der Waals surface area contributed by atoms with Crippen molar-refractivity contribution < 1.29 is 14.3 Å². The van der Waals surface area contributed by atoms with Crippen molar-refractivity contribution in [3.05, 3.63) is 60.3 Å². The van der Waals surface area contributed by atoms with Crippen molar-refractivity contribution in [2.75, 3.05) is 20.3 Å². The van der Waals surface area contributed by atoms with Crippen molar-refractivity contribution in [2.24, 2.45) is 0 Å². The van der Waals surface area contributed by atoms with Gasteiger partial charge in [-0.1, -0.05) is 0 Å². The van der Waals surface area contributed by atoms with Gasteiger partial charge in [0, 0.05) is 47.8 Å². The normalized spacial score (nSPS) is 10.8. The zero-order valence-corrected chi connectivity index (χ0v) is 17.3. The minimum atomic E-state index is -0.186. The Morgan fingerprint density at radius 2 is 2.06 bits per heavy atom. The maximum absolute atomic E-state index is 12.6. The predicted octanol–water partition coefficient (Wildman–Crippen LogP) is 2.79. The van der Waals surface area contributed by atoms with Gasteiger partial charge in [-0.3, -0.25) is 9.89 Å². The number of aromatic nitrogens is 5. The average Bonchev–Trinajstić information content (AvgIpc) is 3.32. The van der Waals surface area contributed by atoms with Crippen LogP contribution in [0, 0.1) is 0 Å². The molecule has 9 nitrogen and oxygen atoms in total. The van der Waals surface area contributed by atoms with Gasteiger partial charge in [-0.15, -0.1) is 0 Å². The molecule has 3 aromatic heterocycles. The van der Waals surface area contributed by atoms with Gasteiger partial charge in [0.2, 0.25) is 5.88 Å². The summed E-state index contributed by atoms with van der Waals surface area (Å²) in [6.07, 6.45) is 3.75. The highest BCUT2D eigenvalue weighted by atomic mass is 16.5. The molecule has 0 radical (unpaired) electrons. The third-order valence-corrected chi connectivity index (χ3v) is 4.67. The third kappa shape index (κ3) is 4.61. The molecule has 9 heteroatoms. The summed E-state index contributed by atoms with van der Waals surface area (Å²) >= 11 is 0. The van der Waals surface area contributed by atoms with E-state index in [1.54, 1.807) is 31.5 Å². The number of methoxy groups -OCH3 is 1. The van der Waals surface area contributed by atoms with Gasteiger partial charge in [-0.2, -0.15) is 5.10 Å². The highest BCUT2D eigenvalue weighted by molar-refractivity contribution is 5.99. The number of aromatic amines is 1. The van der Waals surface area contributed by atoms with Crippen LogP contribution in [-0.2, 0) is 6.42 Å². The monoisotopic (exact) mass is 418 g/mol. The highest BCUT2D eigenvalue weighted by Crippen LogP contribution is 2.31. The summed E-state index contributed by atoms with van der Waals surface area (Å²) in [5.74, 6) is 1.70. The Labute approximate surface area is 178 Å². The fourth-order valence-corrected chi connectivity index (χ4v) is 3.16. The Balaban J connectivity index is 1.62. The quantitative estimate of drug-likeness (QED) is 0.452. The largest absolute Gasteiger partial charge is 0.493 e. The molecule has 0 saturated heterocycles. The molecule has 0 atom stereocenters. The Bertz CT molecular complexity index is 1180. The molecule has 0 saturated carbocycles. The minimum Gasteiger partial charge on any atom is -0.493 e. The number of ether oxygens (including phenoxy) is 2. The van der Waals surface area contributed by atoms with E-state index in [-0.39, 0.29) is 5.91 Å². The minimum absolute atomic E-state index is 0.186. The van der Waals surface area contributed by atoms with E-state index in [1.165, 1.54) is 6.33 Å². The number of rotatable bonds is 8. The van der Waals surface area contributed by atoms with Crippen LogP contribution in [0.3, 0.4) is 0 Å². The number of H-pyrrole nitrogens is 1. The lowest BCUT2D eigenvalue weighted by atomic mass is 10.1. The first-order chi connectivity index (χ1) is 15.2. The van der Waals surface area contributed by atoms with Crippen LogP contribution in [0.5, 0.6) is 11.6 Å². The Morgan fingerprint density at radius 3 is 2.77 bits per heavy atom. The average molecular weight is 418 g/mol. The van der Waals surface area contributed by atoms with Gasteiger partial charge in [0.25, 0.3) is 5.91 Å². The van der Waals surface area contributed by atoms with Gasteiger partial charge in [0.1, 0.15) is 12.1 Å². The van der Waals surface area contributed by atoms with Gasteiger partial charge in [-0.25, -0.2) is 15.0 Å². The zero-order chi connectivity index (χ0) is 21.6. The summed E-state index contributed by atoms with van der Waals surface area (Å²) in [5.41, 5.74) is 2.71. The van der Waals surface area contributed by atoms with Crippen LogP contribution < -0.4 is 14.8 Å². The molecule has 0 aliphatic heterocycles. The molecular weight excluding hydrogens is 396 g/mol. The first-order valence-corrected chi connectivity index (χ1v) is 9.88. The van der Waals surface area contributed by atoms with Crippen molar-refractivity contribution in [2.45, 2.75) is 13.3 Å². The van der Waals surface area contributed by atoms with Crippen molar-refractivity contribution in [1.82, 2.24) is 30.5 Å². The van der Waals surface area contributed by atoms with E-state index < -0.39 is 0 Å². The SMILES string of the molecule is CCOc1cc(-c2ccc(OC)nc2)nc2cc(C(=O)NCCc3nc[nH]n3)ccc12. The summed E-state index contributed by atoms with van der Waals surface area (Å²) in [4.78, 5) is 25.7. The maximum Gasteiger partial charge on any atom is 0.251 e. The zero-order valence-electron chi connectivity index (χ0n) is 17.3. The Morgan fingerprint density at radius 1 is 1.16 bits per heavy atom. The molecule has 0 aliphatic rings. The number of amides is 1. The van der Waals surface area contributed by atoms with Crippen molar-refractivity contribution in [1.29, 1.82) is 0 Å². The number of nitrogens with zero attached hydrogens (tertiary/aromatic N) is 4. The standard InChI is InChI=1S/C22H22N6O3/c1-3-31-19-11-17(15-5-7-21(30-2)24-12-15)27-18-10-14(4-6-16(18)19)22(29)23-9-8-20-25-13-26-28-20/h4-7,10-13H,3,8-9H2,1-2H3,(H,23,29)(H,25,26,28). The number of hydrogen-bond donors (Lipinski definition) is 2. The molecule has 1 amide bonds. The molecule has 31 heavy (non-hydrogen) atoms. The van der Waals surface area contributed by atoms with Gasteiger partial charge in [0.15, 0.2) is 5.82 Å². The van der Waals surface area contributed by atoms with Gasteiger partial charge < -0.3 is 14.8 Å². The molecule has 0 unspecified atom stereocenters.